The van der Waals surface area contributed by atoms with Gasteiger partial charge in [-0.2, -0.15) is 13.2 Å². The third kappa shape index (κ3) is 6.24. The van der Waals surface area contributed by atoms with Crippen molar-refractivity contribution in [2.24, 2.45) is 5.92 Å². The van der Waals surface area contributed by atoms with Crippen molar-refractivity contribution in [2.75, 3.05) is 13.2 Å². The maximum absolute atomic E-state index is 11.9. The standard InChI is InChI=1S/C13H15F3O3/c1-9-3-2-4-10(5-9)6-11(12(17)18)7-19-8-13(14,15)16/h2-5,11H,6-8H2,1H3,(H,17,18). The number of carbonyl (C=O) groups is 1. The van der Waals surface area contributed by atoms with Gasteiger partial charge in [0.25, 0.3) is 0 Å². The highest BCUT2D eigenvalue weighted by molar-refractivity contribution is 5.70. The Labute approximate surface area is 109 Å². The Morgan fingerprint density at radius 1 is 1.42 bits per heavy atom. The van der Waals surface area contributed by atoms with Crippen molar-refractivity contribution in [2.45, 2.75) is 19.5 Å². The van der Waals surface area contributed by atoms with Gasteiger partial charge in [0.1, 0.15) is 6.61 Å². The molecule has 1 rings (SSSR count). The van der Waals surface area contributed by atoms with E-state index < -0.39 is 31.3 Å². The van der Waals surface area contributed by atoms with Gasteiger partial charge in [-0.1, -0.05) is 29.8 Å². The zero-order valence-electron chi connectivity index (χ0n) is 10.4. The quantitative estimate of drug-likeness (QED) is 0.869. The summed E-state index contributed by atoms with van der Waals surface area (Å²) in [6.07, 6.45) is -4.29. The Balaban J connectivity index is 2.56. The van der Waals surface area contributed by atoms with Crippen molar-refractivity contribution in [1.29, 1.82) is 0 Å². The molecule has 3 nitrogen and oxygen atoms in total. The Bertz CT molecular complexity index is 429. The first-order valence-corrected chi connectivity index (χ1v) is 5.71. The molecule has 1 aromatic carbocycles. The molecule has 0 saturated heterocycles. The van der Waals surface area contributed by atoms with Crippen LogP contribution in [0.25, 0.3) is 0 Å². The molecule has 0 aliphatic rings. The molecule has 1 N–H and O–H groups in total. The van der Waals surface area contributed by atoms with Gasteiger partial charge >= 0.3 is 12.1 Å². The molecule has 6 heteroatoms. The summed E-state index contributed by atoms with van der Waals surface area (Å²) in [5.41, 5.74) is 1.74. The first kappa shape index (κ1) is 15.5. The molecule has 1 unspecified atom stereocenters. The van der Waals surface area contributed by atoms with Gasteiger partial charge in [-0.05, 0) is 18.9 Å². The Hall–Kier alpha value is -1.56. The van der Waals surface area contributed by atoms with E-state index in [1.807, 2.05) is 13.0 Å². The van der Waals surface area contributed by atoms with Crippen LogP contribution < -0.4 is 0 Å². The van der Waals surface area contributed by atoms with Gasteiger partial charge in [-0.15, -0.1) is 0 Å². The SMILES string of the molecule is Cc1cccc(CC(COCC(F)(F)F)C(=O)O)c1. The molecule has 0 spiro atoms. The summed E-state index contributed by atoms with van der Waals surface area (Å²) < 4.78 is 40.2. The van der Waals surface area contributed by atoms with Crippen LogP contribution in [0.2, 0.25) is 0 Å². The number of carboxylic acids is 1. The lowest BCUT2D eigenvalue weighted by Crippen LogP contribution is -2.26. The second kappa shape index (κ2) is 6.56. The molecule has 0 amide bonds. The Morgan fingerprint density at radius 3 is 2.63 bits per heavy atom. The van der Waals surface area contributed by atoms with E-state index in [-0.39, 0.29) is 6.42 Å². The summed E-state index contributed by atoms with van der Waals surface area (Å²) >= 11 is 0. The molecule has 0 aliphatic carbocycles. The highest BCUT2D eigenvalue weighted by atomic mass is 19.4. The van der Waals surface area contributed by atoms with E-state index >= 15 is 0 Å². The van der Waals surface area contributed by atoms with Gasteiger partial charge in [0, 0.05) is 0 Å². The van der Waals surface area contributed by atoms with Gasteiger partial charge < -0.3 is 9.84 Å². The van der Waals surface area contributed by atoms with E-state index in [1.165, 1.54) is 0 Å². The van der Waals surface area contributed by atoms with Crippen molar-refractivity contribution in [3.63, 3.8) is 0 Å². The summed E-state index contributed by atoms with van der Waals surface area (Å²) in [7, 11) is 0. The van der Waals surface area contributed by atoms with Crippen LogP contribution in [-0.4, -0.2) is 30.5 Å². The second-order valence-electron chi connectivity index (χ2n) is 4.36. The Morgan fingerprint density at radius 2 is 2.11 bits per heavy atom. The van der Waals surface area contributed by atoms with E-state index in [0.717, 1.165) is 11.1 Å². The monoisotopic (exact) mass is 276 g/mol. The lowest BCUT2D eigenvalue weighted by molar-refractivity contribution is -0.179. The van der Waals surface area contributed by atoms with E-state index in [4.69, 9.17) is 5.11 Å². The number of carboxylic acid groups (broad SMARTS) is 1. The van der Waals surface area contributed by atoms with E-state index in [0.29, 0.717) is 0 Å². The van der Waals surface area contributed by atoms with Crippen LogP contribution in [0.4, 0.5) is 13.2 Å². The molecule has 0 bridgehead atoms. The van der Waals surface area contributed by atoms with E-state index in [9.17, 15) is 18.0 Å². The number of hydrogen-bond donors (Lipinski definition) is 1. The minimum atomic E-state index is -4.44. The number of alkyl halides is 3. The molecule has 1 atom stereocenters. The van der Waals surface area contributed by atoms with Gasteiger partial charge in [-0.3, -0.25) is 4.79 Å². The lowest BCUT2D eigenvalue weighted by atomic mass is 9.99. The smallest absolute Gasteiger partial charge is 0.411 e. The number of benzene rings is 1. The fourth-order valence-corrected chi connectivity index (χ4v) is 1.66. The molecular weight excluding hydrogens is 261 g/mol. The van der Waals surface area contributed by atoms with Crippen LogP contribution in [0, 0.1) is 12.8 Å². The molecule has 1 aromatic rings. The largest absolute Gasteiger partial charge is 0.481 e. The third-order valence-electron chi connectivity index (χ3n) is 2.50. The maximum atomic E-state index is 11.9. The number of hydrogen-bond acceptors (Lipinski definition) is 2. The number of ether oxygens (including phenoxy) is 1. The van der Waals surface area contributed by atoms with Gasteiger partial charge in [0.2, 0.25) is 0 Å². The number of halogens is 3. The van der Waals surface area contributed by atoms with Crippen LogP contribution >= 0.6 is 0 Å². The number of rotatable bonds is 6. The highest BCUT2D eigenvalue weighted by Crippen LogP contribution is 2.16. The summed E-state index contributed by atoms with van der Waals surface area (Å²) in [6.45, 7) is -0.0210. The predicted molar refractivity (Wildman–Crippen MR) is 62.9 cm³/mol. The van der Waals surface area contributed by atoms with Crippen molar-refractivity contribution < 1.29 is 27.8 Å². The predicted octanol–water partition coefficient (Wildman–Crippen LogP) is 2.82. The fraction of sp³-hybridized carbons (Fsp3) is 0.462. The normalized spacial score (nSPS) is 13.3. The highest BCUT2D eigenvalue weighted by Gasteiger charge is 2.29. The topological polar surface area (TPSA) is 46.5 Å². The van der Waals surface area contributed by atoms with Gasteiger partial charge in [0.05, 0.1) is 12.5 Å². The molecule has 0 heterocycles. The number of aryl methyl sites for hydroxylation is 1. The van der Waals surface area contributed by atoms with Crippen LogP contribution in [-0.2, 0) is 16.0 Å². The minimum absolute atomic E-state index is 0.148. The van der Waals surface area contributed by atoms with Gasteiger partial charge in [-0.25, -0.2) is 0 Å². The number of aliphatic carboxylic acids is 1. The molecule has 0 aromatic heterocycles. The molecule has 0 fully saturated rings. The molecule has 0 saturated carbocycles. The van der Waals surface area contributed by atoms with Gasteiger partial charge in [0.15, 0.2) is 0 Å². The molecule has 0 aliphatic heterocycles. The first-order valence-electron chi connectivity index (χ1n) is 5.71. The van der Waals surface area contributed by atoms with Crippen LogP contribution in [0.1, 0.15) is 11.1 Å². The zero-order valence-corrected chi connectivity index (χ0v) is 10.4. The van der Waals surface area contributed by atoms with E-state index in [2.05, 4.69) is 4.74 Å². The Kier molecular flexibility index (Phi) is 5.35. The lowest BCUT2D eigenvalue weighted by Gasteiger charge is -2.14. The average molecular weight is 276 g/mol. The van der Waals surface area contributed by atoms with Crippen molar-refractivity contribution in [3.05, 3.63) is 35.4 Å². The first-order chi connectivity index (χ1) is 8.78. The third-order valence-corrected chi connectivity index (χ3v) is 2.50. The molecule has 106 valence electrons. The molecule has 19 heavy (non-hydrogen) atoms. The van der Waals surface area contributed by atoms with Crippen molar-refractivity contribution >= 4 is 5.97 Å². The molecular formula is C13H15F3O3. The molecule has 0 radical (unpaired) electrons. The fourth-order valence-electron chi connectivity index (χ4n) is 1.66. The van der Waals surface area contributed by atoms with Crippen LogP contribution in [0.15, 0.2) is 24.3 Å². The summed E-state index contributed by atoms with van der Waals surface area (Å²) in [4.78, 5) is 11.0. The second-order valence-corrected chi connectivity index (χ2v) is 4.36. The van der Waals surface area contributed by atoms with Crippen LogP contribution in [0.3, 0.4) is 0 Å². The maximum Gasteiger partial charge on any atom is 0.411 e. The zero-order chi connectivity index (χ0) is 14.5. The minimum Gasteiger partial charge on any atom is -0.481 e. The van der Waals surface area contributed by atoms with E-state index in [1.54, 1.807) is 18.2 Å². The summed E-state index contributed by atoms with van der Waals surface area (Å²) in [5.74, 6) is -2.15. The van der Waals surface area contributed by atoms with Crippen molar-refractivity contribution in [1.82, 2.24) is 0 Å². The van der Waals surface area contributed by atoms with Crippen molar-refractivity contribution in [3.8, 4) is 0 Å². The summed E-state index contributed by atoms with van der Waals surface area (Å²) in [5, 5.41) is 8.97. The van der Waals surface area contributed by atoms with Crippen LogP contribution in [0.5, 0.6) is 0 Å². The summed E-state index contributed by atoms with van der Waals surface area (Å²) in [6, 6.07) is 7.19. The average Bonchev–Trinajstić information content (AvgIpc) is 2.26.